The lowest BCUT2D eigenvalue weighted by molar-refractivity contribution is -0.131. The number of carbonyl (C=O) groups is 1. The van der Waals surface area contributed by atoms with E-state index >= 15 is 0 Å². The molecule has 3 aromatic rings. The summed E-state index contributed by atoms with van der Waals surface area (Å²) in [6.07, 6.45) is 4.35. The fraction of sp³-hybridized carbons (Fsp3) is 0.304. The third kappa shape index (κ3) is 3.80. The molecular weight excluding hydrogens is 334 g/mol. The van der Waals surface area contributed by atoms with Crippen LogP contribution in [0.5, 0.6) is 0 Å². The number of para-hydroxylation sites is 2. The second-order valence-electron chi connectivity index (χ2n) is 7.27. The zero-order valence-electron chi connectivity index (χ0n) is 15.7. The van der Waals surface area contributed by atoms with E-state index in [0.29, 0.717) is 6.42 Å². The molecular formula is C23H25N3O. The molecule has 0 radical (unpaired) electrons. The first kappa shape index (κ1) is 17.5. The van der Waals surface area contributed by atoms with E-state index in [1.54, 1.807) is 6.20 Å². The zero-order chi connectivity index (χ0) is 18.6. The van der Waals surface area contributed by atoms with Crippen molar-refractivity contribution in [3.05, 3.63) is 72.4 Å². The van der Waals surface area contributed by atoms with Gasteiger partial charge in [0.25, 0.3) is 0 Å². The second kappa shape index (κ2) is 7.78. The number of aromatic nitrogens is 1. The van der Waals surface area contributed by atoms with Crippen LogP contribution in [-0.4, -0.2) is 42.0 Å². The molecule has 2 aromatic carbocycles. The van der Waals surface area contributed by atoms with Crippen LogP contribution in [0.3, 0.4) is 0 Å². The largest absolute Gasteiger partial charge is 0.373 e. The van der Waals surface area contributed by atoms with Crippen LogP contribution in [0.15, 0.2) is 66.9 Å². The van der Waals surface area contributed by atoms with Crippen LogP contribution in [0, 0.1) is 0 Å². The Morgan fingerprint density at radius 2 is 1.93 bits per heavy atom. The molecule has 0 saturated carbocycles. The molecule has 1 aliphatic heterocycles. The predicted molar refractivity (Wildman–Crippen MR) is 110 cm³/mol. The summed E-state index contributed by atoms with van der Waals surface area (Å²) in [6, 6.07) is 20.7. The van der Waals surface area contributed by atoms with Gasteiger partial charge in [-0.05, 0) is 36.6 Å². The molecule has 1 aliphatic rings. The van der Waals surface area contributed by atoms with E-state index in [-0.39, 0.29) is 11.9 Å². The molecule has 0 unspecified atom stereocenters. The molecule has 4 nitrogen and oxygen atoms in total. The predicted octanol–water partition coefficient (Wildman–Crippen LogP) is 3.90. The van der Waals surface area contributed by atoms with Crippen molar-refractivity contribution in [2.45, 2.75) is 25.3 Å². The van der Waals surface area contributed by atoms with Gasteiger partial charge < -0.3 is 9.80 Å². The van der Waals surface area contributed by atoms with Gasteiger partial charge in [-0.3, -0.25) is 9.78 Å². The number of rotatable bonds is 5. The quantitative estimate of drug-likeness (QED) is 0.693. The lowest BCUT2D eigenvalue weighted by Gasteiger charge is -2.30. The molecule has 27 heavy (non-hydrogen) atoms. The summed E-state index contributed by atoms with van der Waals surface area (Å²) in [7, 11) is 2.10. The number of benzene rings is 2. The summed E-state index contributed by atoms with van der Waals surface area (Å²) in [4.78, 5) is 21.9. The third-order valence-electron chi connectivity index (χ3n) is 5.44. The SMILES string of the molecule is CN(C[C@H]1CCCN1C(=O)Cc1cccc2cccnc12)c1ccccc1. The average molecular weight is 359 g/mol. The molecule has 2 heterocycles. The molecule has 0 spiro atoms. The Morgan fingerprint density at radius 3 is 2.78 bits per heavy atom. The minimum atomic E-state index is 0.206. The lowest BCUT2D eigenvalue weighted by Crippen LogP contribution is -2.43. The highest BCUT2D eigenvalue weighted by molar-refractivity contribution is 5.87. The van der Waals surface area contributed by atoms with Crippen molar-refractivity contribution >= 4 is 22.5 Å². The average Bonchev–Trinajstić information content (AvgIpc) is 3.17. The molecule has 1 atom stereocenters. The van der Waals surface area contributed by atoms with Gasteiger partial charge in [0.2, 0.25) is 5.91 Å². The van der Waals surface area contributed by atoms with E-state index in [4.69, 9.17) is 0 Å². The van der Waals surface area contributed by atoms with Crippen molar-refractivity contribution in [2.75, 3.05) is 25.0 Å². The molecule has 4 heteroatoms. The Balaban J connectivity index is 1.47. The number of hydrogen-bond donors (Lipinski definition) is 0. The maximum atomic E-state index is 13.1. The summed E-state index contributed by atoms with van der Waals surface area (Å²) in [5, 5.41) is 1.09. The smallest absolute Gasteiger partial charge is 0.227 e. The monoisotopic (exact) mass is 359 g/mol. The number of fused-ring (bicyclic) bond motifs is 1. The van der Waals surface area contributed by atoms with Crippen molar-refractivity contribution in [3.63, 3.8) is 0 Å². The van der Waals surface area contributed by atoms with Crippen LogP contribution in [0.1, 0.15) is 18.4 Å². The van der Waals surface area contributed by atoms with Crippen LogP contribution < -0.4 is 4.90 Å². The van der Waals surface area contributed by atoms with Crippen molar-refractivity contribution in [1.29, 1.82) is 0 Å². The first-order valence-corrected chi connectivity index (χ1v) is 9.60. The van der Waals surface area contributed by atoms with Crippen molar-refractivity contribution in [2.24, 2.45) is 0 Å². The topological polar surface area (TPSA) is 36.4 Å². The standard InChI is InChI=1S/C23H25N3O/c1-25(20-11-3-2-4-12-20)17-21-13-7-15-26(21)22(27)16-19-9-5-8-18-10-6-14-24-23(18)19/h2-6,8-12,14,21H,7,13,15-17H2,1H3/t21-/m1/s1. The molecule has 1 fully saturated rings. The zero-order valence-corrected chi connectivity index (χ0v) is 15.7. The Labute approximate surface area is 160 Å². The van der Waals surface area contributed by atoms with Gasteiger partial charge in [0.05, 0.1) is 11.9 Å². The van der Waals surface area contributed by atoms with Crippen LogP contribution in [0.2, 0.25) is 0 Å². The lowest BCUT2D eigenvalue weighted by atomic mass is 10.1. The highest BCUT2D eigenvalue weighted by atomic mass is 16.2. The van der Waals surface area contributed by atoms with Gasteiger partial charge >= 0.3 is 0 Å². The van der Waals surface area contributed by atoms with Gasteiger partial charge in [-0.2, -0.15) is 0 Å². The highest BCUT2D eigenvalue weighted by Crippen LogP contribution is 2.23. The summed E-state index contributed by atoms with van der Waals surface area (Å²) < 4.78 is 0. The van der Waals surface area contributed by atoms with E-state index in [1.165, 1.54) is 5.69 Å². The molecule has 1 amide bonds. The number of carbonyl (C=O) groups excluding carboxylic acids is 1. The fourth-order valence-corrected chi connectivity index (χ4v) is 4.03. The van der Waals surface area contributed by atoms with Gasteiger partial charge in [0.1, 0.15) is 0 Å². The summed E-state index contributed by atoms with van der Waals surface area (Å²) >= 11 is 0. The molecule has 1 saturated heterocycles. The number of pyridine rings is 1. The van der Waals surface area contributed by atoms with E-state index < -0.39 is 0 Å². The molecule has 1 aromatic heterocycles. The second-order valence-corrected chi connectivity index (χ2v) is 7.27. The number of anilines is 1. The maximum absolute atomic E-state index is 13.1. The maximum Gasteiger partial charge on any atom is 0.227 e. The minimum Gasteiger partial charge on any atom is -0.373 e. The normalized spacial score (nSPS) is 16.6. The van der Waals surface area contributed by atoms with Crippen molar-refractivity contribution in [1.82, 2.24) is 9.88 Å². The molecule has 4 rings (SSSR count). The van der Waals surface area contributed by atoms with Gasteiger partial charge in [-0.15, -0.1) is 0 Å². The van der Waals surface area contributed by atoms with E-state index in [1.807, 2.05) is 36.4 Å². The number of nitrogens with zero attached hydrogens (tertiary/aromatic N) is 3. The highest BCUT2D eigenvalue weighted by Gasteiger charge is 2.29. The van der Waals surface area contributed by atoms with E-state index in [0.717, 1.165) is 42.4 Å². The summed E-state index contributed by atoms with van der Waals surface area (Å²) in [5.41, 5.74) is 3.14. The summed E-state index contributed by atoms with van der Waals surface area (Å²) in [6.45, 7) is 1.72. The number of likely N-dealkylation sites (tertiary alicyclic amines) is 1. The van der Waals surface area contributed by atoms with Crippen LogP contribution in [0.25, 0.3) is 10.9 Å². The Bertz CT molecular complexity index is 920. The minimum absolute atomic E-state index is 0.206. The first-order valence-electron chi connectivity index (χ1n) is 9.60. The van der Waals surface area contributed by atoms with E-state index in [2.05, 4.69) is 46.1 Å². The Kier molecular flexibility index (Phi) is 5.05. The number of amides is 1. The van der Waals surface area contributed by atoms with Gasteiger partial charge in [-0.1, -0.05) is 42.5 Å². The molecule has 0 aliphatic carbocycles. The van der Waals surface area contributed by atoms with Crippen LogP contribution in [0.4, 0.5) is 5.69 Å². The van der Waals surface area contributed by atoms with Gasteiger partial charge in [-0.25, -0.2) is 0 Å². The number of likely N-dealkylation sites (N-methyl/N-ethyl adjacent to an activating group) is 1. The first-order chi connectivity index (χ1) is 13.2. The van der Waals surface area contributed by atoms with Gasteiger partial charge in [0.15, 0.2) is 0 Å². The Hall–Kier alpha value is -2.88. The molecule has 138 valence electrons. The molecule has 0 N–H and O–H groups in total. The fourth-order valence-electron chi connectivity index (χ4n) is 4.03. The summed E-state index contributed by atoms with van der Waals surface area (Å²) in [5.74, 6) is 0.206. The van der Waals surface area contributed by atoms with Crippen LogP contribution in [-0.2, 0) is 11.2 Å². The third-order valence-corrected chi connectivity index (χ3v) is 5.44. The van der Waals surface area contributed by atoms with Crippen molar-refractivity contribution in [3.8, 4) is 0 Å². The van der Waals surface area contributed by atoms with Crippen molar-refractivity contribution < 1.29 is 4.79 Å². The number of hydrogen-bond acceptors (Lipinski definition) is 3. The van der Waals surface area contributed by atoms with E-state index in [9.17, 15) is 4.79 Å². The van der Waals surface area contributed by atoms with Crippen LogP contribution >= 0.6 is 0 Å². The Morgan fingerprint density at radius 1 is 1.11 bits per heavy atom. The molecule has 0 bridgehead atoms. The van der Waals surface area contributed by atoms with Gasteiger partial charge in [0, 0.05) is 43.4 Å².